The lowest BCUT2D eigenvalue weighted by atomic mass is 10.1. The Hall–Kier alpha value is -2.66. The van der Waals surface area contributed by atoms with E-state index >= 15 is 0 Å². The van der Waals surface area contributed by atoms with Crippen molar-refractivity contribution in [3.63, 3.8) is 0 Å². The number of nitrogens with one attached hydrogen (secondary N) is 3. The van der Waals surface area contributed by atoms with Gasteiger partial charge in [0.2, 0.25) is 0 Å². The Morgan fingerprint density at radius 3 is 2.38 bits per heavy atom. The third-order valence-corrected chi connectivity index (χ3v) is 4.71. The molecular formula is C21H26N3O2+. The van der Waals surface area contributed by atoms with Gasteiger partial charge in [-0.05, 0) is 24.1 Å². The minimum atomic E-state index is -0.162. The van der Waals surface area contributed by atoms with Gasteiger partial charge in [-0.1, -0.05) is 42.5 Å². The minimum absolute atomic E-state index is 0.0357. The standard InChI is InChI=1S/C21H25N3O2/c25-20(16-24-14-6-7-15-24)23-19-11-5-4-10-18(19)21(26)22-13-12-17-8-2-1-3-9-17/h1-5,8-11H,6-7,12-16H2,(H,22,26)(H,23,25)/p+1. The quantitative estimate of drug-likeness (QED) is 0.703. The summed E-state index contributed by atoms with van der Waals surface area (Å²) in [6.07, 6.45) is 3.14. The van der Waals surface area contributed by atoms with Crippen LogP contribution in [-0.4, -0.2) is 38.0 Å². The maximum Gasteiger partial charge on any atom is 0.279 e. The third-order valence-electron chi connectivity index (χ3n) is 4.71. The van der Waals surface area contributed by atoms with Crippen LogP contribution in [0.25, 0.3) is 0 Å². The fourth-order valence-corrected chi connectivity index (χ4v) is 3.32. The van der Waals surface area contributed by atoms with Crippen molar-refractivity contribution in [2.45, 2.75) is 19.3 Å². The lowest BCUT2D eigenvalue weighted by Crippen LogP contribution is -3.11. The highest BCUT2D eigenvalue weighted by Gasteiger charge is 2.20. The summed E-state index contributed by atoms with van der Waals surface area (Å²) in [5, 5.41) is 5.84. The van der Waals surface area contributed by atoms with Crippen molar-refractivity contribution in [3.8, 4) is 0 Å². The molecule has 2 amide bonds. The van der Waals surface area contributed by atoms with Crippen molar-refractivity contribution in [1.29, 1.82) is 0 Å². The van der Waals surface area contributed by atoms with Crippen molar-refractivity contribution in [2.24, 2.45) is 0 Å². The zero-order valence-corrected chi connectivity index (χ0v) is 15.0. The predicted molar refractivity (Wildman–Crippen MR) is 102 cm³/mol. The van der Waals surface area contributed by atoms with E-state index in [1.54, 1.807) is 12.1 Å². The normalized spacial score (nSPS) is 14.2. The number of carbonyl (C=O) groups is 2. The summed E-state index contributed by atoms with van der Waals surface area (Å²) in [7, 11) is 0. The van der Waals surface area contributed by atoms with Gasteiger partial charge in [-0.25, -0.2) is 0 Å². The van der Waals surface area contributed by atoms with Gasteiger partial charge in [-0.2, -0.15) is 0 Å². The molecule has 5 heteroatoms. The highest BCUT2D eigenvalue weighted by molar-refractivity contribution is 6.03. The van der Waals surface area contributed by atoms with Crippen LogP contribution in [0.5, 0.6) is 0 Å². The van der Waals surface area contributed by atoms with Crippen molar-refractivity contribution in [2.75, 3.05) is 31.5 Å². The SMILES string of the molecule is O=C(C[NH+]1CCCC1)Nc1ccccc1C(=O)NCCc1ccccc1. The highest BCUT2D eigenvalue weighted by atomic mass is 16.2. The molecule has 2 aromatic rings. The van der Waals surface area contributed by atoms with Gasteiger partial charge in [-0.15, -0.1) is 0 Å². The van der Waals surface area contributed by atoms with Crippen molar-refractivity contribution in [3.05, 3.63) is 65.7 Å². The minimum Gasteiger partial charge on any atom is -0.352 e. The van der Waals surface area contributed by atoms with Crippen LogP contribution in [0.2, 0.25) is 0 Å². The third kappa shape index (κ3) is 5.17. The number of quaternary nitrogens is 1. The lowest BCUT2D eigenvalue weighted by Gasteiger charge is -2.14. The Balaban J connectivity index is 1.55. The monoisotopic (exact) mass is 352 g/mol. The Kier molecular flexibility index (Phi) is 6.39. The molecule has 3 N–H and O–H groups in total. The average molecular weight is 352 g/mol. The van der Waals surface area contributed by atoms with E-state index in [1.165, 1.54) is 23.3 Å². The van der Waals surface area contributed by atoms with Gasteiger partial charge in [0.1, 0.15) is 0 Å². The molecule has 2 aromatic carbocycles. The summed E-state index contributed by atoms with van der Waals surface area (Å²) < 4.78 is 0. The summed E-state index contributed by atoms with van der Waals surface area (Å²) in [6.45, 7) is 3.12. The molecule has 0 aliphatic carbocycles. The second-order valence-electron chi connectivity index (χ2n) is 6.72. The molecule has 0 bridgehead atoms. The molecule has 1 aliphatic heterocycles. The van der Waals surface area contributed by atoms with E-state index in [1.807, 2.05) is 42.5 Å². The number of anilines is 1. The largest absolute Gasteiger partial charge is 0.352 e. The molecule has 0 spiro atoms. The van der Waals surface area contributed by atoms with Gasteiger partial charge >= 0.3 is 0 Å². The van der Waals surface area contributed by atoms with Crippen LogP contribution in [0.3, 0.4) is 0 Å². The van der Waals surface area contributed by atoms with Gasteiger partial charge < -0.3 is 15.5 Å². The number of benzene rings is 2. The Morgan fingerprint density at radius 2 is 1.62 bits per heavy atom. The number of hydrogen-bond acceptors (Lipinski definition) is 2. The number of carbonyl (C=O) groups excluding carboxylic acids is 2. The van der Waals surface area contributed by atoms with Crippen LogP contribution in [0.4, 0.5) is 5.69 Å². The van der Waals surface area contributed by atoms with Crippen LogP contribution in [0.15, 0.2) is 54.6 Å². The van der Waals surface area contributed by atoms with E-state index < -0.39 is 0 Å². The molecule has 0 saturated carbocycles. The molecule has 0 aromatic heterocycles. The number of likely N-dealkylation sites (tertiary alicyclic amines) is 1. The van der Waals surface area contributed by atoms with Crippen LogP contribution < -0.4 is 15.5 Å². The van der Waals surface area contributed by atoms with E-state index in [9.17, 15) is 9.59 Å². The van der Waals surface area contributed by atoms with Crippen molar-refractivity contribution >= 4 is 17.5 Å². The Morgan fingerprint density at radius 1 is 0.923 bits per heavy atom. The summed E-state index contributed by atoms with van der Waals surface area (Å²) >= 11 is 0. The van der Waals surface area contributed by atoms with Gasteiger partial charge in [0.25, 0.3) is 11.8 Å². The first-order valence-corrected chi connectivity index (χ1v) is 9.27. The van der Waals surface area contributed by atoms with E-state index in [0.717, 1.165) is 19.5 Å². The number of hydrogen-bond donors (Lipinski definition) is 3. The molecule has 5 nitrogen and oxygen atoms in total. The number of para-hydroxylation sites is 1. The summed E-state index contributed by atoms with van der Waals surface area (Å²) in [5.74, 6) is -0.197. The molecule has 0 radical (unpaired) electrons. The fraction of sp³-hybridized carbons (Fsp3) is 0.333. The zero-order valence-electron chi connectivity index (χ0n) is 15.0. The van der Waals surface area contributed by atoms with Crippen LogP contribution in [-0.2, 0) is 11.2 Å². The molecule has 1 heterocycles. The van der Waals surface area contributed by atoms with Crippen LogP contribution in [0.1, 0.15) is 28.8 Å². The van der Waals surface area contributed by atoms with E-state index in [-0.39, 0.29) is 11.8 Å². The molecule has 0 unspecified atom stereocenters. The molecule has 0 atom stereocenters. The summed E-state index contributed by atoms with van der Waals surface area (Å²) in [4.78, 5) is 26.1. The topological polar surface area (TPSA) is 62.6 Å². The molecule has 3 rings (SSSR count). The highest BCUT2D eigenvalue weighted by Crippen LogP contribution is 2.14. The van der Waals surface area contributed by atoms with Gasteiger partial charge in [0, 0.05) is 19.4 Å². The lowest BCUT2D eigenvalue weighted by molar-refractivity contribution is -0.878. The molecular weight excluding hydrogens is 326 g/mol. The predicted octanol–water partition coefficient (Wildman–Crippen LogP) is 1.28. The molecule has 1 fully saturated rings. The zero-order chi connectivity index (χ0) is 18.2. The number of rotatable bonds is 7. The average Bonchev–Trinajstić information content (AvgIpc) is 3.16. The Bertz CT molecular complexity index is 740. The first kappa shape index (κ1) is 18.1. The smallest absolute Gasteiger partial charge is 0.279 e. The molecule has 1 aliphatic rings. The Labute approximate surface area is 154 Å². The summed E-state index contributed by atoms with van der Waals surface area (Å²) in [6, 6.07) is 17.2. The van der Waals surface area contributed by atoms with Crippen molar-refractivity contribution in [1.82, 2.24) is 5.32 Å². The number of amides is 2. The molecule has 26 heavy (non-hydrogen) atoms. The maximum absolute atomic E-state index is 12.5. The van der Waals surface area contributed by atoms with E-state index in [2.05, 4.69) is 10.6 Å². The maximum atomic E-state index is 12.5. The summed E-state index contributed by atoms with van der Waals surface area (Å²) in [5.41, 5.74) is 2.27. The molecule has 1 saturated heterocycles. The second-order valence-corrected chi connectivity index (χ2v) is 6.72. The van der Waals surface area contributed by atoms with Gasteiger partial charge in [0.05, 0.1) is 24.3 Å². The van der Waals surface area contributed by atoms with Crippen molar-refractivity contribution < 1.29 is 14.5 Å². The molecule has 136 valence electrons. The first-order chi connectivity index (χ1) is 12.7. The van der Waals surface area contributed by atoms with Crippen LogP contribution in [0, 0.1) is 0 Å². The van der Waals surface area contributed by atoms with Gasteiger partial charge in [0.15, 0.2) is 6.54 Å². The van der Waals surface area contributed by atoms with E-state index in [0.29, 0.717) is 24.3 Å². The first-order valence-electron chi connectivity index (χ1n) is 9.27. The van der Waals surface area contributed by atoms with E-state index in [4.69, 9.17) is 0 Å². The second kappa shape index (κ2) is 9.15. The fourth-order valence-electron chi connectivity index (χ4n) is 3.32. The van der Waals surface area contributed by atoms with Gasteiger partial charge in [-0.3, -0.25) is 9.59 Å². The van der Waals surface area contributed by atoms with Crippen LogP contribution >= 0.6 is 0 Å².